The van der Waals surface area contributed by atoms with E-state index >= 15 is 0 Å². The molecule has 2 amide bonds. The number of carbonyl (C=O) groups excluding carboxylic acids is 5. The number of ether oxygens (including phenoxy) is 8. The molecule has 10 atom stereocenters. The maximum atomic E-state index is 14.3. The van der Waals surface area contributed by atoms with Crippen LogP contribution in [0.3, 0.4) is 0 Å². The van der Waals surface area contributed by atoms with E-state index in [1.165, 1.54) is 11.8 Å². The SMILES string of the molecule is CCS[C@@H]1O[C@H](COCc2ccccc2)[C@@H](O[C@@H]2O[C@H](COCc3ccccc3)[C@H](OC(C)=O)[C@H](OC(C)=O)[C@H]2OC(C)=O)[C@H](O)[C@H]1N1C(=O)c2c(Cl)c(Cl)c(Cl)c(Cl)c2C1=O. The van der Waals surface area contributed by atoms with E-state index in [2.05, 4.69) is 0 Å². The van der Waals surface area contributed by atoms with Gasteiger partial charge in [-0.2, -0.15) is 0 Å². The average molecular weight is 960 g/mol. The zero-order valence-corrected chi connectivity index (χ0v) is 37.5. The quantitative estimate of drug-likeness (QED) is 0.0544. The van der Waals surface area contributed by atoms with E-state index in [4.69, 9.17) is 84.3 Å². The molecule has 0 spiro atoms. The van der Waals surface area contributed by atoms with E-state index in [1.54, 1.807) is 0 Å². The van der Waals surface area contributed by atoms with Crippen LogP contribution in [0.4, 0.5) is 0 Å². The first kappa shape index (κ1) is 47.9. The normalized spacial score (nSPS) is 27.1. The fourth-order valence-electron chi connectivity index (χ4n) is 7.41. The lowest BCUT2D eigenvalue weighted by atomic mass is 9.95. The van der Waals surface area contributed by atoms with Crippen LogP contribution in [0.15, 0.2) is 60.7 Å². The van der Waals surface area contributed by atoms with Crippen molar-refractivity contribution in [2.75, 3.05) is 19.0 Å². The molecule has 3 aliphatic heterocycles. The Bertz CT molecular complexity index is 2070. The van der Waals surface area contributed by atoms with Gasteiger partial charge in [0.15, 0.2) is 24.6 Å². The number of aliphatic hydroxyl groups excluding tert-OH is 1. The average Bonchev–Trinajstić information content (AvgIpc) is 3.49. The minimum absolute atomic E-state index is 0.101. The summed E-state index contributed by atoms with van der Waals surface area (Å²) in [4.78, 5) is 67.2. The molecule has 2 saturated heterocycles. The Morgan fingerprint density at radius 2 is 1.11 bits per heavy atom. The number of rotatable bonds is 16. The van der Waals surface area contributed by atoms with Crippen LogP contribution in [-0.2, 0) is 65.5 Å². The van der Waals surface area contributed by atoms with Crippen molar-refractivity contribution in [3.63, 3.8) is 0 Å². The van der Waals surface area contributed by atoms with E-state index in [9.17, 15) is 29.1 Å². The molecule has 3 aliphatic rings. The summed E-state index contributed by atoms with van der Waals surface area (Å²) in [7, 11) is 0. The van der Waals surface area contributed by atoms with Crippen molar-refractivity contribution in [3.8, 4) is 0 Å². The number of imide groups is 1. The highest BCUT2D eigenvalue weighted by Gasteiger charge is 2.58. The molecule has 3 aromatic carbocycles. The van der Waals surface area contributed by atoms with Crippen LogP contribution in [0.2, 0.25) is 20.1 Å². The second kappa shape index (κ2) is 21.4. The van der Waals surface area contributed by atoms with Crippen LogP contribution in [0.1, 0.15) is 59.5 Å². The second-order valence-electron chi connectivity index (χ2n) is 14.3. The third kappa shape index (κ3) is 10.7. The van der Waals surface area contributed by atoms with Gasteiger partial charge in [-0.25, -0.2) is 0 Å². The van der Waals surface area contributed by atoms with Crippen LogP contribution in [0.25, 0.3) is 0 Å². The van der Waals surface area contributed by atoms with Crippen molar-refractivity contribution in [2.45, 2.75) is 101 Å². The van der Waals surface area contributed by atoms with E-state index in [0.717, 1.165) is 36.8 Å². The predicted molar refractivity (Wildman–Crippen MR) is 226 cm³/mol. The van der Waals surface area contributed by atoms with Gasteiger partial charge < -0.3 is 43.0 Å². The van der Waals surface area contributed by atoms with Gasteiger partial charge in [-0.05, 0) is 16.9 Å². The van der Waals surface area contributed by atoms with E-state index in [-0.39, 0.29) is 57.6 Å². The topological polar surface area (TPSA) is 183 Å². The summed E-state index contributed by atoms with van der Waals surface area (Å²) >= 11 is 26.8. The smallest absolute Gasteiger partial charge is 0.303 e. The Morgan fingerprint density at radius 3 is 1.58 bits per heavy atom. The Balaban J connectivity index is 1.40. The standard InChI is InChI=1S/C42H43Cl4NO14S/c1-5-62-42-33(47-39(52)27-28(40(47)53)30(44)32(46)31(45)29(27)43)34(51)35(25(60-42)18-54-16-23-12-8-6-9-13-23)61-41-38(58-22(4)50)37(57-21(3)49)36(56-20(2)48)26(59-41)19-55-17-24-14-10-7-11-15-24/h6-15,25-26,33-38,41-42,51H,5,16-19H2,1-4H3/t25-,26-,33-,34-,35-,36+,37+,38-,41+,42+/m1/s1. The van der Waals surface area contributed by atoms with Crippen molar-refractivity contribution in [2.24, 2.45) is 0 Å². The Morgan fingerprint density at radius 1 is 0.661 bits per heavy atom. The largest absolute Gasteiger partial charge is 0.456 e. The monoisotopic (exact) mass is 957 g/mol. The van der Waals surface area contributed by atoms with E-state index in [0.29, 0.717) is 5.75 Å². The molecule has 2 fully saturated rings. The number of amides is 2. The highest BCUT2D eigenvalue weighted by molar-refractivity contribution is 7.99. The first-order chi connectivity index (χ1) is 29.6. The number of carbonyl (C=O) groups is 5. The highest BCUT2D eigenvalue weighted by Crippen LogP contribution is 2.47. The molecule has 0 aromatic heterocycles. The Kier molecular flexibility index (Phi) is 16.6. The zero-order chi connectivity index (χ0) is 44.8. The third-order valence-electron chi connectivity index (χ3n) is 9.98. The molecule has 6 rings (SSSR count). The van der Waals surface area contributed by atoms with Gasteiger partial charge in [-0.3, -0.25) is 28.9 Å². The van der Waals surface area contributed by atoms with Gasteiger partial charge in [-0.1, -0.05) is 114 Å². The maximum Gasteiger partial charge on any atom is 0.303 e. The lowest BCUT2D eigenvalue weighted by molar-refractivity contribution is -0.339. The van der Waals surface area contributed by atoms with Gasteiger partial charge in [0.2, 0.25) is 0 Å². The molecule has 0 saturated carbocycles. The molecule has 15 nitrogen and oxygen atoms in total. The summed E-state index contributed by atoms with van der Waals surface area (Å²) in [6.45, 7) is 4.89. The van der Waals surface area contributed by atoms with Crippen molar-refractivity contribution in [3.05, 3.63) is 103 Å². The molecular weight excluding hydrogens is 916 g/mol. The fraction of sp³-hybridized carbons (Fsp3) is 0.452. The van der Waals surface area contributed by atoms with Crippen molar-refractivity contribution in [1.29, 1.82) is 0 Å². The van der Waals surface area contributed by atoms with E-state index in [1.807, 2.05) is 67.6 Å². The van der Waals surface area contributed by atoms with Crippen LogP contribution in [0, 0.1) is 0 Å². The summed E-state index contributed by atoms with van der Waals surface area (Å²) < 4.78 is 48.7. The van der Waals surface area contributed by atoms with Crippen LogP contribution >= 0.6 is 58.2 Å². The summed E-state index contributed by atoms with van der Waals surface area (Å²) in [5.41, 5.74) is -0.108. The number of hydrogen-bond donors (Lipinski definition) is 1. The van der Waals surface area contributed by atoms with Crippen molar-refractivity contribution < 1.29 is 67.0 Å². The zero-order valence-electron chi connectivity index (χ0n) is 33.7. The Hall–Kier alpha value is -3.52. The number of aliphatic hydroxyl groups is 1. The first-order valence-electron chi connectivity index (χ1n) is 19.4. The molecular formula is C42H43Cl4NO14S. The summed E-state index contributed by atoms with van der Waals surface area (Å²) in [5.74, 6) is -3.95. The lowest BCUT2D eigenvalue weighted by Gasteiger charge is -2.49. The second-order valence-corrected chi connectivity index (χ2v) is 17.2. The molecule has 0 aliphatic carbocycles. The molecule has 3 aromatic rings. The highest BCUT2D eigenvalue weighted by atomic mass is 35.5. The van der Waals surface area contributed by atoms with E-state index < -0.39 is 90.2 Å². The third-order valence-corrected chi connectivity index (χ3v) is 12.8. The maximum absolute atomic E-state index is 14.3. The van der Waals surface area contributed by atoms with Gasteiger partial charge in [0.25, 0.3) is 11.8 Å². The summed E-state index contributed by atoms with van der Waals surface area (Å²) in [6.07, 6.45) is -12.0. The van der Waals surface area contributed by atoms with Crippen molar-refractivity contribution >= 4 is 87.9 Å². The number of nitrogens with zero attached hydrogens (tertiary/aromatic N) is 1. The van der Waals surface area contributed by atoms with Crippen molar-refractivity contribution in [1.82, 2.24) is 4.90 Å². The first-order valence-corrected chi connectivity index (χ1v) is 21.9. The molecule has 3 heterocycles. The predicted octanol–water partition coefficient (Wildman–Crippen LogP) is 6.44. The number of esters is 3. The number of thioether (sulfide) groups is 1. The number of fused-ring (bicyclic) bond motifs is 1. The molecule has 0 unspecified atom stereocenters. The number of benzene rings is 3. The number of halogens is 4. The van der Waals surface area contributed by atoms with Gasteiger partial charge in [0, 0.05) is 20.8 Å². The number of hydrogen-bond acceptors (Lipinski definition) is 15. The molecule has 20 heteroatoms. The lowest BCUT2D eigenvalue weighted by Crippen LogP contribution is -2.68. The Labute approximate surface area is 381 Å². The minimum atomic E-state index is -1.79. The molecule has 62 heavy (non-hydrogen) atoms. The van der Waals surface area contributed by atoms with Crippen LogP contribution < -0.4 is 0 Å². The summed E-state index contributed by atoms with van der Waals surface area (Å²) in [5, 5.41) is 11.4. The minimum Gasteiger partial charge on any atom is -0.456 e. The van der Waals surface area contributed by atoms with Gasteiger partial charge >= 0.3 is 17.9 Å². The summed E-state index contributed by atoms with van der Waals surface area (Å²) in [6, 6.07) is 16.9. The van der Waals surface area contributed by atoms with Gasteiger partial charge in [0.1, 0.15) is 35.9 Å². The van der Waals surface area contributed by atoms with Crippen LogP contribution in [0.5, 0.6) is 0 Å². The molecule has 1 N–H and O–H groups in total. The van der Waals surface area contributed by atoms with Gasteiger partial charge in [0.05, 0.1) is 57.6 Å². The fourth-order valence-corrected chi connectivity index (χ4v) is 9.45. The molecule has 334 valence electrons. The molecule has 0 bridgehead atoms. The molecule has 0 radical (unpaired) electrons. The van der Waals surface area contributed by atoms with Crippen LogP contribution in [-0.4, -0.2) is 119 Å². The van der Waals surface area contributed by atoms with Gasteiger partial charge in [-0.15, -0.1) is 11.8 Å².